The van der Waals surface area contributed by atoms with Crippen LogP contribution in [-0.4, -0.2) is 41.5 Å². The SMILES string of the molecule is COc1ccc(-c2csc(-n3nc(C)cc3NC(=O)COc3ccc(F)cc3)n2)cc1OC. The molecule has 0 atom stereocenters. The number of methoxy groups -OCH3 is 2. The number of aromatic nitrogens is 3. The van der Waals surface area contributed by atoms with Crippen molar-refractivity contribution in [2.45, 2.75) is 6.92 Å². The highest BCUT2D eigenvalue weighted by atomic mass is 32.1. The van der Waals surface area contributed by atoms with Crippen molar-refractivity contribution in [3.8, 4) is 33.6 Å². The van der Waals surface area contributed by atoms with Crippen LogP contribution in [0.25, 0.3) is 16.4 Å². The average Bonchev–Trinajstić information content (AvgIpc) is 3.44. The Bertz CT molecular complexity index is 1270. The molecule has 33 heavy (non-hydrogen) atoms. The van der Waals surface area contributed by atoms with E-state index in [4.69, 9.17) is 14.2 Å². The normalized spacial score (nSPS) is 10.7. The second-order valence-electron chi connectivity index (χ2n) is 6.96. The molecule has 1 amide bonds. The van der Waals surface area contributed by atoms with Crippen molar-refractivity contribution in [1.29, 1.82) is 0 Å². The minimum absolute atomic E-state index is 0.232. The summed E-state index contributed by atoms with van der Waals surface area (Å²) in [6.45, 7) is 1.59. The molecule has 0 aliphatic carbocycles. The van der Waals surface area contributed by atoms with Crippen LogP contribution in [0.3, 0.4) is 0 Å². The molecule has 1 N–H and O–H groups in total. The van der Waals surface area contributed by atoms with Gasteiger partial charge in [0.05, 0.1) is 25.6 Å². The molecule has 0 spiro atoms. The molecular weight excluding hydrogens is 447 g/mol. The van der Waals surface area contributed by atoms with E-state index in [2.05, 4.69) is 15.4 Å². The van der Waals surface area contributed by atoms with Crippen molar-refractivity contribution in [2.24, 2.45) is 0 Å². The predicted molar refractivity (Wildman–Crippen MR) is 123 cm³/mol. The number of nitrogens with one attached hydrogen (secondary N) is 1. The highest BCUT2D eigenvalue weighted by Gasteiger charge is 2.16. The monoisotopic (exact) mass is 468 g/mol. The molecule has 8 nitrogen and oxygen atoms in total. The first-order valence-corrected chi connectivity index (χ1v) is 10.8. The summed E-state index contributed by atoms with van der Waals surface area (Å²) < 4.78 is 30.6. The lowest BCUT2D eigenvalue weighted by atomic mass is 10.1. The van der Waals surface area contributed by atoms with Gasteiger partial charge in [0.1, 0.15) is 17.4 Å². The smallest absolute Gasteiger partial charge is 0.263 e. The van der Waals surface area contributed by atoms with E-state index in [-0.39, 0.29) is 18.3 Å². The van der Waals surface area contributed by atoms with Crippen LogP contribution in [0.2, 0.25) is 0 Å². The molecule has 0 unspecified atom stereocenters. The summed E-state index contributed by atoms with van der Waals surface area (Å²) in [5.74, 6) is 1.35. The Morgan fingerprint density at radius 3 is 2.58 bits per heavy atom. The summed E-state index contributed by atoms with van der Waals surface area (Å²) >= 11 is 1.39. The van der Waals surface area contributed by atoms with Crippen LogP contribution < -0.4 is 19.5 Å². The van der Waals surface area contributed by atoms with Crippen LogP contribution in [0, 0.1) is 12.7 Å². The molecule has 0 bridgehead atoms. The van der Waals surface area contributed by atoms with Crippen molar-refractivity contribution >= 4 is 23.1 Å². The first-order chi connectivity index (χ1) is 16.0. The molecule has 2 aromatic heterocycles. The maximum Gasteiger partial charge on any atom is 0.263 e. The molecular formula is C23H21FN4O4S. The van der Waals surface area contributed by atoms with Crippen molar-refractivity contribution in [3.63, 3.8) is 0 Å². The summed E-state index contributed by atoms with van der Waals surface area (Å²) in [5.41, 5.74) is 2.31. The van der Waals surface area contributed by atoms with Crippen LogP contribution >= 0.6 is 11.3 Å². The quantitative estimate of drug-likeness (QED) is 0.410. The summed E-state index contributed by atoms with van der Waals surface area (Å²) in [7, 11) is 3.16. The number of hydrogen-bond donors (Lipinski definition) is 1. The van der Waals surface area contributed by atoms with Crippen LogP contribution in [0.4, 0.5) is 10.2 Å². The molecule has 0 saturated heterocycles. The number of halogens is 1. The van der Waals surface area contributed by atoms with Gasteiger partial charge >= 0.3 is 0 Å². The van der Waals surface area contributed by atoms with Crippen molar-refractivity contribution in [2.75, 3.05) is 26.1 Å². The molecule has 4 aromatic rings. The fraction of sp³-hybridized carbons (Fsp3) is 0.174. The van der Waals surface area contributed by atoms with Gasteiger partial charge in [-0.2, -0.15) is 9.78 Å². The number of benzene rings is 2. The first-order valence-electron chi connectivity index (χ1n) is 9.90. The number of nitrogens with zero attached hydrogens (tertiary/aromatic N) is 3. The van der Waals surface area contributed by atoms with E-state index in [0.717, 1.165) is 11.3 Å². The van der Waals surface area contributed by atoms with Crippen LogP contribution in [-0.2, 0) is 4.79 Å². The topological polar surface area (TPSA) is 87.5 Å². The van der Waals surface area contributed by atoms with Gasteiger partial charge in [-0.3, -0.25) is 4.79 Å². The summed E-state index contributed by atoms with van der Waals surface area (Å²) in [6.07, 6.45) is 0. The minimum atomic E-state index is -0.378. The second kappa shape index (κ2) is 9.70. The zero-order valence-corrected chi connectivity index (χ0v) is 19.0. The lowest BCUT2D eigenvalue weighted by Gasteiger charge is -2.09. The van der Waals surface area contributed by atoms with Gasteiger partial charge in [0.2, 0.25) is 5.13 Å². The van der Waals surface area contributed by atoms with E-state index >= 15 is 0 Å². The lowest BCUT2D eigenvalue weighted by molar-refractivity contribution is -0.118. The number of ether oxygens (including phenoxy) is 3. The maximum atomic E-state index is 13.0. The molecule has 2 aromatic carbocycles. The molecule has 0 saturated carbocycles. The van der Waals surface area contributed by atoms with Crippen LogP contribution in [0.5, 0.6) is 17.2 Å². The molecule has 0 fully saturated rings. The Labute approximate surface area is 193 Å². The van der Waals surface area contributed by atoms with E-state index in [1.54, 1.807) is 25.0 Å². The molecule has 0 aliphatic heterocycles. The third kappa shape index (κ3) is 5.12. The number of aryl methyl sites for hydroxylation is 1. The molecule has 2 heterocycles. The van der Waals surface area contributed by atoms with Gasteiger partial charge in [-0.25, -0.2) is 9.37 Å². The Morgan fingerprint density at radius 2 is 1.85 bits per heavy atom. The summed E-state index contributed by atoms with van der Waals surface area (Å²) in [6, 6.07) is 12.8. The Hall–Kier alpha value is -3.92. The number of thiazole rings is 1. The zero-order valence-electron chi connectivity index (χ0n) is 18.2. The number of carbonyl (C=O) groups is 1. The minimum Gasteiger partial charge on any atom is -0.493 e. The Balaban J connectivity index is 1.50. The number of carbonyl (C=O) groups excluding carboxylic acids is 1. The number of rotatable bonds is 8. The first kappa shape index (κ1) is 22.3. The van der Waals surface area contributed by atoms with E-state index in [1.807, 2.05) is 30.5 Å². The van der Waals surface area contributed by atoms with E-state index in [9.17, 15) is 9.18 Å². The molecule has 10 heteroatoms. The van der Waals surface area contributed by atoms with Gasteiger partial charge < -0.3 is 19.5 Å². The standard InChI is InChI=1S/C23H21FN4O4S/c1-14-10-21(26-22(29)12-32-17-7-5-16(24)6-8-17)28(27-14)23-25-18(13-33-23)15-4-9-19(30-2)20(11-15)31-3/h4-11,13H,12H2,1-3H3,(H,26,29). The largest absolute Gasteiger partial charge is 0.493 e. The van der Waals surface area contributed by atoms with E-state index in [0.29, 0.717) is 33.9 Å². The van der Waals surface area contributed by atoms with Crippen molar-refractivity contribution < 1.29 is 23.4 Å². The predicted octanol–water partition coefficient (Wildman–Crippen LogP) is 4.48. The van der Waals surface area contributed by atoms with Gasteiger partial charge in [-0.05, 0) is 49.4 Å². The zero-order chi connectivity index (χ0) is 23.4. The summed E-state index contributed by atoms with van der Waals surface area (Å²) in [5, 5.41) is 9.72. The average molecular weight is 469 g/mol. The van der Waals surface area contributed by atoms with Crippen LogP contribution in [0.1, 0.15) is 5.69 Å². The molecule has 0 aliphatic rings. The highest BCUT2D eigenvalue weighted by Crippen LogP contribution is 2.33. The fourth-order valence-electron chi connectivity index (χ4n) is 3.08. The van der Waals surface area contributed by atoms with E-state index < -0.39 is 0 Å². The van der Waals surface area contributed by atoms with Gasteiger partial charge in [-0.15, -0.1) is 11.3 Å². The fourth-order valence-corrected chi connectivity index (χ4v) is 3.88. The summed E-state index contributed by atoms with van der Waals surface area (Å²) in [4.78, 5) is 17.1. The van der Waals surface area contributed by atoms with Crippen molar-refractivity contribution in [3.05, 3.63) is 65.4 Å². The third-order valence-electron chi connectivity index (χ3n) is 4.64. The van der Waals surface area contributed by atoms with Gasteiger partial charge in [0, 0.05) is 17.0 Å². The molecule has 0 radical (unpaired) electrons. The Kier molecular flexibility index (Phi) is 6.55. The van der Waals surface area contributed by atoms with Crippen LogP contribution in [0.15, 0.2) is 53.9 Å². The van der Waals surface area contributed by atoms with Gasteiger partial charge in [0.25, 0.3) is 5.91 Å². The van der Waals surface area contributed by atoms with E-state index in [1.165, 1.54) is 35.6 Å². The molecule has 4 rings (SSSR count). The number of amides is 1. The maximum absolute atomic E-state index is 13.0. The molecule has 170 valence electrons. The van der Waals surface area contributed by atoms with Crippen molar-refractivity contribution in [1.82, 2.24) is 14.8 Å². The van der Waals surface area contributed by atoms with Gasteiger partial charge in [-0.1, -0.05) is 0 Å². The highest BCUT2D eigenvalue weighted by molar-refractivity contribution is 7.12. The lowest BCUT2D eigenvalue weighted by Crippen LogP contribution is -2.21. The third-order valence-corrected chi connectivity index (χ3v) is 5.45. The number of anilines is 1. The number of hydrogen-bond acceptors (Lipinski definition) is 7. The van der Waals surface area contributed by atoms with Gasteiger partial charge in [0.15, 0.2) is 18.1 Å². The Morgan fingerprint density at radius 1 is 1.09 bits per heavy atom. The second-order valence-corrected chi connectivity index (χ2v) is 7.80.